The number of ether oxygens (including phenoxy) is 1. The van der Waals surface area contributed by atoms with Gasteiger partial charge in [-0.2, -0.15) is 5.10 Å². The molecule has 7 nitrogen and oxygen atoms in total. The second-order valence-electron chi connectivity index (χ2n) is 7.24. The molecular weight excluding hydrogens is 316 g/mol. The second kappa shape index (κ2) is 8.10. The summed E-state index contributed by atoms with van der Waals surface area (Å²) in [6.07, 6.45) is 5.51. The summed E-state index contributed by atoms with van der Waals surface area (Å²) in [5, 5.41) is 8.74. The van der Waals surface area contributed by atoms with Gasteiger partial charge in [0.15, 0.2) is 5.65 Å². The molecular formula is C18H30N6O. The van der Waals surface area contributed by atoms with Gasteiger partial charge in [-0.1, -0.05) is 13.8 Å². The van der Waals surface area contributed by atoms with Crippen molar-refractivity contribution in [3.8, 4) is 0 Å². The van der Waals surface area contributed by atoms with Crippen LogP contribution >= 0.6 is 0 Å². The van der Waals surface area contributed by atoms with E-state index in [4.69, 9.17) is 4.74 Å². The van der Waals surface area contributed by atoms with E-state index in [1.54, 1.807) is 4.68 Å². The SMILES string of the molecule is CC(C)c1nc(NCCCOC2CCN(C)CC2)c2cnn(C)c2n1. The molecule has 25 heavy (non-hydrogen) atoms. The van der Waals surface area contributed by atoms with E-state index in [0.29, 0.717) is 6.10 Å². The van der Waals surface area contributed by atoms with Crippen molar-refractivity contribution in [2.75, 3.05) is 38.6 Å². The third-order valence-corrected chi connectivity index (χ3v) is 4.76. The van der Waals surface area contributed by atoms with E-state index in [2.05, 4.69) is 46.2 Å². The molecule has 1 N–H and O–H groups in total. The van der Waals surface area contributed by atoms with E-state index in [9.17, 15) is 0 Å². The molecule has 3 heterocycles. The molecule has 0 saturated carbocycles. The smallest absolute Gasteiger partial charge is 0.163 e. The topological polar surface area (TPSA) is 68.1 Å². The van der Waals surface area contributed by atoms with Crippen LogP contribution in [0, 0.1) is 0 Å². The molecule has 2 aromatic heterocycles. The first-order valence-corrected chi connectivity index (χ1v) is 9.28. The first kappa shape index (κ1) is 18.1. The summed E-state index contributed by atoms with van der Waals surface area (Å²) < 4.78 is 7.81. The molecule has 1 saturated heterocycles. The van der Waals surface area contributed by atoms with Crippen LogP contribution in [-0.4, -0.2) is 64.0 Å². The molecule has 138 valence electrons. The van der Waals surface area contributed by atoms with Crippen molar-refractivity contribution < 1.29 is 4.74 Å². The quantitative estimate of drug-likeness (QED) is 0.777. The van der Waals surface area contributed by atoms with Crippen molar-refractivity contribution in [3.63, 3.8) is 0 Å². The first-order chi connectivity index (χ1) is 12.0. The van der Waals surface area contributed by atoms with Crippen LogP contribution in [0.4, 0.5) is 5.82 Å². The minimum Gasteiger partial charge on any atom is -0.378 e. The normalized spacial score (nSPS) is 16.8. The summed E-state index contributed by atoms with van der Waals surface area (Å²) >= 11 is 0. The molecule has 1 aliphatic heterocycles. The number of nitrogens with zero attached hydrogens (tertiary/aromatic N) is 5. The van der Waals surface area contributed by atoms with Crippen molar-refractivity contribution in [2.24, 2.45) is 7.05 Å². The van der Waals surface area contributed by atoms with Crippen molar-refractivity contribution >= 4 is 16.9 Å². The Morgan fingerprint density at radius 3 is 2.72 bits per heavy atom. The predicted octanol–water partition coefficient (Wildman–Crippen LogP) is 2.40. The number of rotatable bonds is 7. The van der Waals surface area contributed by atoms with Gasteiger partial charge in [0.25, 0.3) is 0 Å². The highest BCUT2D eigenvalue weighted by atomic mass is 16.5. The van der Waals surface area contributed by atoms with Gasteiger partial charge in [-0.05, 0) is 26.3 Å². The number of hydrogen-bond acceptors (Lipinski definition) is 6. The van der Waals surface area contributed by atoms with E-state index < -0.39 is 0 Å². The van der Waals surface area contributed by atoms with E-state index >= 15 is 0 Å². The summed E-state index contributed by atoms with van der Waals surface area (Å²) in [5.74, 6) is 2.01. The van der Waals surface area contributed by atoms with Gasteiger partial charge in [-0.25, -0.2) is 9.97 Å². The van der Waals surface area contributed by atoms with Crippen molar-refractivity contribution in [1.82, 2.24) is 24.6 Å². The molecule has 1 aliphatic rings. The molecule has 0 aromatic carbocycles. The Kier molecular flexibility index (Phi) is 5.86. The second-order valence-corrected chi connectivity index (χ2v) is 7.24. The molecule has 0 aliphatic carbocycles. The zero-order chi connectivity index (χ0) is 17.8. The number of aromatic nitrogens is 4. The number of nitrogens with one attached hydrogen (secondary N) is 1. The van der Waals surface area contributed by atoms with Gasteiger partial charge in [-0.15, -0.1) is 0 Å². The number of likely N-dealkylation sites (tertiary alicyclic amines) is 1. The van der Waals surface area contributed by atoms with Crippen molar-refractivity contribution in [1.29, 1.82) is 0 Å². The molecule has 0 radical (unpaired) electrons. The molecule has 0 amide bonds. The van der Waals surface area contributed by atoms with Gasteiger partial charge < -0.3 is 15.0 Å². The molecule has 2 aromatic rings. The Morgan fingerprint density at radius 1 is 1.24 bits per heavy atom. The highest BCUT2D eigenvalue weighted by Crippen LogP contribution is 2.22. The monoisotopic (exact) mass is 346 g/mol. The Bertz CT molecular complexity index is 690. The van der Waals surface area contributed by atoms with E-state index in [0.717, 1.165) is 68.2 Å². The van der Waals surface area contributed by atoms with E-state index in [-0.39, 0.29) is 5.92 Å². The standard InChI is InChI=1S/C18H30N6O/c1-13(2)16-21-17(15-12-20-24(4)18(15)22-16)19-8-5-11-25-14-6-9-23(3)10-7-14/h12-14H,5-11H2,1-4H3,(H,19,21,22). The van der Waals surface area contributed by atoms with Gasteiger partial charge >= 0.3 is 0 Å². The minimum atomic E-state index is 0.285. The molecule has 0 unspecified atom stereocenters. The van der Waals surface area contributed by atoms with E-state index in [1.807, 2.05) is 13.2 Å². The lowest BCUT2D eigenvalue weighted by atomic mass is 10.1. The molecule has 1 fully saturated rings. The first-order valence-electron chi connectivity index (χ1n) is 9.28. The summed E-state index contributed by atoms with van der Waals surface area (Å²) in [7, 11) is 4.09. The van der Waals surface area contributed by atoms with Crippen LogP contribution in [0.1, 0.15) is 44.9 Å². The van der Waals surface area contributed by atoms with Gasteiger partial charge in [0, 0.05) is 39.2 Å². The number of piperidine rings is 1. The predicted molar refractivity (Wildman–Crippen MR) is 100.0 cm³/mol. The average molecular weight is 346 g/mol. The average Bonchev–Trinajstić information content (AvgIpc) is 2.97. The van der Waals surface area contributed by atoms with Crippen LogP contribution in [0.5, 0.6) is 0 Å². The number of fused-ring (bicyclic) bond motifs is 1. The zero-order valence-corrected chi connectivity index (χ0v) is 15.8. The summed E-state index contributed by atoms with van der Waals surface area (Å²) in [6.45, 7) is 8.13. The maximum Gasteiger partial charge on any atom is 0.163 e. The highest BCUT2D eigenvalue weighted by Gasteiger charge is 2.17. The third kappa shape index (κ3) is 4.46. The van der Waals surface area contributed by atoms with Crippen molar-refractivity contribution in [3.05, 3.63) is 12.0 Å². The molecule has 0 bridgehead atoms. The van der Waals surface area contributed by atoms with E-state index in [1.165, 1.54) is 0 Å². The number of anilines is 1. The van der Waals surface area contributed by atoms with Crippen LogP contribution in [0.15, 0.2) is 6.20 Å². The summed E-state index contributed by atoms with van der Waals surface area (Å²) in [6, 6.07) is 0. The van der Waals surface area contributed by atoms with Crippen LogP contribution in [0.2, 0.25) is 0 Å². The van der Waals surface area contributed by atoms with Crippen LogP contribution in [-0.2, 0) is 11.8 Å². The molecule has 0 atom stereocenters. The fourth-order valence-corrected chi connectivity index (χ4v) is 3.11. The maximum absolute atomic E-state index is 6.01. The van der Waals surface area contributed by atoms with Crippen LogP contribution in [0.3, 0.4) is 0 Å². The third-order valence-electron chi connectivity index (χ3n) is 4.76. The maximum atomic E-state index is 6.01. The van der Waals surface area contributed by atoms with Gasteiger partial charge in [0.2, 0.25) is 0 Å². The Hall–Kier alpha value is -1.73. The summed E-state index contributed by atoms with van der Waals surface area (Å²) in [5.41, 5.74) is 0.878. The number of hydrogen-bond donors (Lipinski definition) is 1. The Labute approximate surface area is 149 Å². The lowest BCUT2D eigenvalue weighted by Crippen LogP contribution is -2.34. The Morgan fingerprint density at radius 2 is 2.00 bits per heavy atom. The largest absolute Gasteiger partial charge is 0.378 e. The number of aryl methyl sites for hydroxylation is 1. The molecule has 3 rings (SSSR count). The zero-order valence-electron chi connectivity index (χ0n) is 15.8. The lowest BCUT2D eigenvalue weighted by molar-refractivity contribution is 0.0125. The van der Waals surface area contributed by atoms with Gasteiger partial charge in [0.05, 0.1) is 17.7 Å². The Balaban J connectivity index is 1.52. The molecule has 7 heteroatoms. The fraction of sp³-hybridized carbons (Fsp3) is 0.722. The fourth-order valence-electron chi connectivity index (χ4n) is 3.11. The van der Waals surface area contributed by atoms with Crippen LogP contribution < -0.4 is 5.32 Å². The molecule has 0 spiro atoms. The lowest BCUT2D eigenvalue weighted by Gasteiger charge is -2.28. The van der Waals surface area contributed by atoms with Crippen LogP contribution in [0.25, 0.3) is 11.0 Å². The van der Waals surface area contributed by atoms with Gasteiger partial charge in [-0.3, -0.25) is 4.68 Å². The van der Waals surface area contributed by atoms with Crippen molar-refractivity contribution in [2.45, 2.75) is 45.1 Å². The van der Waals surface area contributed by atoms with Gasteiger partial charge in [0.1, 0.15) is 11.6 Å². The highest BCUT2D eigenvalue weighted by molar-refractivity contribution is 5.86. The summed E-state index contributed by atoms with van der Waals surface area (Å²) in [4.78, 5) is 11.7. The minimum absolute atomic E-state index is 0.285.